The Labute approximate surface area is 81.1 Å². The first-order valence-corrected chi connectivity index (χ1v) is 5.20. The lowest BCUT2D eigenvalue weighted by molar-refractivity contribution is -0.134. The second kappa shape index (κ2) is 8.05. The second-order valence-corrected chi connectivity index (χ2v) is 2.73. The quantitative estimate of drug-likeness (QED) is 0.672. The first-order valence-electron chi connectivity index (χ1n) is 5.20. The number of hydrogen-bond donors (Lipinski definition) is 0. The van der Waals surface area contributed by atoms with Gasteiger partial charge in [0, 0.05) is 19.7 Å². The van der Waals surface area contributed by atoms with Crippen molar-refractivity contribution in [3.63, 3.8) is 0 Å². The fourth-order valence-corrected chi connectivity index (χ4v) is 1.25. The molecule has 0 unspecified atom stereocenters. The molecule has 0 aromatic rings. The molecule has 0 radical (unpaired) electrons. The predicted molar refractivity (Wildman–Crippen MR) is 53.7 cm³/mol. The van der Waals surface area contributed by atoms with Gasteiger partial charge in [0.25, 0.3) is 0 Å². The summed E-state index contributed by atoms with van der Waals surface area (Å²) < 4.78 is 5.02. The number of rotatable bonds is 3. The van der Waals surface area contributed by atoms with Crippen molar-refractivity contribution < 1.29 is 9.53 Å². The van der Waals surface area contributed by atoms with Gasteiger partial charge in [-0.1, -0.05) is 13.8 Å². The maximum Gasteiger partial charge on any atom is 0.248 e. The Morgan fingerprint density at radius 1 is 1.31 bits per heavy atom. The summed E-state index contributed by atoms with van der Waals surface area (Å²) in [7, 11) is 0. The van der Waals surface area contributed by atoms with Crippen LogP contribution in [0, 0.1) is 0 Å². The average Bonchev–Trinajstić information content (AvgIpc) is 2.70. The Morgan fingerprint density at radius 3 is 2.31 bits per heavy atom. The van der Waals surface area contributed by atoms with E-state index < -0.39 is 0 Å². The zero-order valence-electron chi connectivity index (χ0n) is 9.01. The SMILES string of the molecule is CC.CCOCC(=O)N1CCCC1. The number of likely N-dealkylation sites (tertiary alicyclic amines) is 1. The van der Waals surface area contributed by atoms with Gasteiger partial charge in [0.15, 0.2) is 0 Å². The average molecular weight is 187 g/mol. The maximum atomic E-state index is 11.2. The lowest BCUT2D eigenvalue weighted by Crippen LogP contribution is -2.31. The molecule has 13 heavy (non-hydrogen) atoms. The molecule has 0 aliphatic carbocycles. The lowest BCUT2D eigenvalue weighted by Gasteiger charge is -2.14. The van der Waals surface area contributed by atoms with E-state index in [4.69, 9.17) is 4.74 Å². The Morgan fingerprint density at radius 2 is 1.85 bits per heavy atom. The van der Waals surface area contributed by atoms with Crippen LogP contribution in [0.2, 0.25) is 0 Å². The third-order valence-corrected chi connectivity index (χ3v) is 1.89. The lowest BCUT2D eigenvalue weighted by atomic mass is 10.4. The van der Waals surface area contributed by atoms with Crippen molar-refractivity contribution >= 4 is 5.91 Å². The fraction of sp³-hybridized carbons (Fsp3) is 0.900. The highest BCUT2D eigenvalue weighted by Gasteiger charge is 2.16. The topological polar surface area (TPSA) is 29.5 Å². The highest BCUT2D eigenvalue weighted by atomic mass is 16.5. The van der Waals surface area contributed by atoms with Gasteiger partial charge in [0.2, 0.25) is 5.91 Å². The van der Waals surface area contributed by atoms with Crippen molar-refractivity contribution in [3.05, 3.63) is 0 Å². The Hall–Kier alpha value is -0.570. The highest BCUT2D eigenvalue weighted by molar-refractivity contribution is 5.77. The largest absolute Gasteiger partial charge is 0.372 e. The van der Waals surface area contributed by atoms with E-state index in [0.29, 0.717) is 6.61 Å². The number of hydrogen-bond acceptors (Lipinski definition) is 2. The van der Waals surface area contributed by atoms with Crippen LogP contribution in [0.3, 0.4) is 0 Å². The number of carbonyl (C=O) groups is 1. The molecule has 0 N–H and O–H groups in total. The third-order valence-electron chi connectivity index (χ3n) is 1.89. The van der Waals surface area contributed by atoms with Crippen LogP contribution in [0.1, 0.15) is 33.6 Å². The third kappa shape index (κ3) is 4.88. The van der Waals surface area contributed by atoms with Crippen LogP contribution in [0.5, 0.6) is 0 Å². The van der Waals surface area contributed by atoms with Gasteiger partial charge in [-0.25, -0.2) is 0 Å². The standard InChI is InChI=1S/C8H15NO2.C2H6/c1-2-11-7-8(10)9-5-3-4-6-9;1-2/h2-7H2,1H3;1-2H3. The van der Waals surface area contributed by atoms with Crippen LogP contribution in [0.15, 0.2) is 0 Å². The number of carbonyl (C=O) groups excluding carboxylic acids is 1. The van der Waals surface area contributed by atoms with Crippen molar-refractivity contribution in [1.82, 2.24) is 4.90 Å². The van der Waals surface area contributed by atoms with E-state index >= 15 is 0 Å². The van der Waals surface area contributed by atoms with Crippen LogP contribution in [-0.4, -0.2) is 37.1 Å². The number of nitrogens with zero attached hydrogens (tertiary/aromatic N) is 1. The molecule has 1 fully saturated rings. The van der Waals surface area contributed by atoms with Gasteiger partial charge < -0.3 is 9.64 Å². The van der Waals surface area contributed by atoms with E-state index in [0.717, 1.165) is 25.9 Å². The van der Waals surface area contributed by atoms with Crippen LogP contribution < -0.4 is 0 Å². The molecule has 0 atom stereocenters. The Balaban J connectivity index is 0.000000671. The molecular formula is C10H21NO2. The molecule has 0 spiro atoms. The zero-order chi connectivity index (χ0) is 10.1. The molecule has 1 aliphatic heterocycles. The summed E-state index contributed by atoms with van der Waals surface area (Å²) in [6.07, 6.45) is 2.30. The van der Waals surface area contributed by atoms with Crippen LogP contribution in [0.25, 0.3) is 0 Å². The summed E-state index contributed by atoms with van der Waals surface area (Å²) in [6, 6.07) is 0. The molecule has 3 heteroatoms. The molecule has 0 aromatic heterocycles. The van der Waals surface area contributed by atoms with Gasteiger partial charge >= 0.3 is 0 Å². The molecule has 1 saturated heterocycles. The summed E-state index contributed by atoms with van der Waals surface area (Å²) >= 11 is 0. The number of amides is 1. The normalized spacial score (nSPS) is 15.2. The summed E-state index contributed by atoms with van der Waals surface area (Å²) in [5.74, 6) is 0.143. The molecule has 1 amide bonds. The van der Waals surface area contributed by atoms with Gasteiger partial charge in [0.05, 0.1) is 0 Å². The Bertz CT molecular complexity index is 131. The van der Waals surface area contributed by atoms with Crippen molar-refractivity contribution in [2.24, 2.45) is 0 Å². The van der Waals surface area contributed by atoms with Crippen molar-refractivity contribution in [2.45, 2.75) is 33.6 Å². The molecule has 0 saturated carbocycles. The summed E-state index contributed by atoms with van der Waals surface area (Å²) in [5, 5.41) is 0. The minimum atomic E-state index is 0.143. The van der Waals surface area contributed by atoms with E-state index in [-0.39, 0.29) is 12.5 Å². The van der Waals surface area contributed by atoms with Gasteiger partial charge in [0.1, 0.15) is 6.61 Å². The minimum Gasteiger partial charge on any atom is -0.372 e. The first kappa shape index (κ1) is 12.4. The summed E-state index contributed by atoms with van der Waals surface area (Å²) in [4.78, 5) is 13.1. The van der Waals surface area contributed by atoms with Crippen molar-refractivity contribution in [3.8, 4) is 0 Å². The molecule has 3 nitrogen and oxygen atoms in total. The smallest absolute Gasteiger partial charge is 0.248 e. The van der Waals surface area contributed by atoms with E-state index in [1.165, 1.54) is 0 Å². The molecule has 0 bridgehead atoms. The fourth-order valence-electron chi connectivity index (χ4n) is 1.25. The van der Waals surface area contributed by atoms with Gasteiger partial charge in [-0.15, -0.1) is 0 Å². The van der Waals surface area contributed by atoms with E-state index in [9.17, 15) is 4.79 Å². The second-order valence-electron chi connectivity index (χ2n) is 2.73. The molecule has 1 aliphatic rings. The van der Waals surface area contributed by atoms with Crippen molar-refractivity contribution in [1.29, 1.82) is 0 Å². The Kier molecular flexibility index (Phi) is 7.69. The molecule has 78 valence electrons. The maximum absolute atomic E-state index is 11.2. The summed E-state index contributed by atoms with van der Waals surface area (Å²) in [5.41, 5.74) is 0. The monoisotopic (exact) mass is 187 g/mol. The molecule has 0 aromatic carbocycles. The van der Waals surface area contributed by atoms with Crippen molar-refractivity contribution in [2.75, 3.05) is 26.3 Å². The van der Waals surface area contributed by atoms with E-state index in [2.05, 4.69) is 0 Å². The van der Waals surface area contributed by atoms with Gasteiger partial charge in [-0.05, 0) is 19.8 Å². The summed E-state index contributed by atoms with van der Waals surface area (Å²) in [6.45, 7) is 8.63. The molecule has 1 rings (SSSR count). The van der Waals surface area contributed by atoms with Gasteiger partial charge in [-0.3, -0.25) is 4.79 Å². The number of ether oxygens (including phenoxy) is 1. The van der Waals surface area contributed by atoms with Crippen LogP contribution in [0.4, 0.5) is 0 Å². The zero-order valence-corrected chi connectivity index (χ0v) is 9.01. The highest BCUT2D eigenvalue weighted by Crippen LogP contribution is 2.06. The van der Waals surface area contributed by atoms with Gasteiger partial charge in [-0.2, -0.15) is 0 Å². The van der Waals surface area contributed by atoms with E-state index in [1.807, 2.05) is 25.7 Å². The molecular weight excluding hydrogens is 166 g/mol. The predicted octanol–water partition coefficient (Wildman–Crippen LogP) is 1.67. The first-order chi connectivity index (χ1) is 6.34. The minimum absolute atomic E-state index is 0.143. The van der Waals surface area contributed by atoms with E-state index in [1.54, 1.807) is 0 Å². The van der Waals surface area contributed by atoms with Crippen LogP contribution >= 0.6 is 0 Å². The van der Waals surface area contributed by atoms with Crippen LogP contribution in [-0.2, 0) is 9.53 Å². The molecule has 1 heterocycles.